The molecule has 1 aliphatic heterocycles. The van der Waals surface area contributed by atoms with Gasteiger partial charge < -0.3 is 9.64 Å². The molecule has 2 aromatic rings. The van der Waals surface area contributed by atoms with Crippen molar-refractivity contribution in [2.24, 2.45) is 0 Å². The van der Waals surface area contributed by atoms with Crippen molar-refractivity contribution in [1.82, 2.24) is 4.90 Å². The molecule has 3 rings (SSSR count). The van der Waals surface area contributed by atoms with Crippen LogP contribution in [0.3, 0.4) is 0 Å². The summed E-state index contributed by atoms with van der Waals surface area (Å²) in [6.07, 6.45) is 0.223. The van der Waals surface area contributed by atoms with Crippen LogP contribution in [0.25, 0.3) is 0 Å². The smallest absolute Gasteiger partial charge is 0.336 e. The van der Waals surface area contributed by atoms with Crippen LogP contribution in [0.4, 0.5) is 0 Å². The first-order chi connectivity index (χ1) is 14.6. The SMILES string of the molecule is CCOC(=O)C1=C(C)N(Cc2cccc(Cl)c2)C(=O)CC1c1ccc(C(C)(C)C)cc1. The molecule has 0 radical (unpaired) electrons. The Labute approximate surface area is 189 Å². The normalized spacial score (nSPS) is 17.2. The fourth-order valence-corrected chi connectivity index (χ4v) is 4.21. The first-order valence-electron chi connectivity index (χ1n) is 10.6. The minimum Gasteiger partial charge on any atom is -0.463 e. The van der Waals surface area contributed by atoms with Gasteiger partial charge in [-0.25, -0.2) is 4.79 Å². The minimum atomic E-state index is -0.367. The number of nitrogens with zero attached hydrogens (tertiary/aromatic N) is 1. The predicted molar refractivity (Wildman–Crippen MR) is 124 cm³/mol. The number of carbonyl (C=O) groups excluding carboxylic acids is 2. The van der Waals surface area contributed by atoms with Crippen molar-refractivity contribution < 1.29 is 14.3 Å². The van der Waals surface area contributed by atoms with Gasteiger partial charge in [-0.3, -0.25) is 4.79 Å². The standard InChI is InChI=1S/C26H30ClNO3/c1-6-31-25(30)24-17(2)28(16-18-8-7-9-21(27)14-18)23(29)15-22(24)19-10-12-20(13-11-19)26(3,4)5/h7-14,22H,6,15-16H2,1-5H3. The molecule has 5 heteroatoms. The maximum atomic E-state index is 13.1. The van der Waals surface area contributed by atoms with Crippen LogP contribution in [-0.2, 0) is 26.3 Å². The molecule has 31 heavy (non-hydrogen) atoms. The molecule has 1 amide bonds. The van der Waals surface area contributed by atoms with E-state index in [4.69, 9.17) is 16.3 Å². The summed E-state index contributed by atoms with van der Waals surface area (Å²) in [5.41, 5.74) is 4.29. The van der Waals surface area contributed by atoms with Gasteiger partial charge in [-0.15, -0.1) is 0 Å². The Kier molecular flexibility index (Phi) is 6.90. The van der Waals surface area contributed by atoms with Crippen molar-refractivity contribution in [3.05, 3.63) is 81.5 Å². The van der Waals surface area contributed by atoms with Crippen LogP contribution in [0.5, 0.6) is 0 Å². The molecule has 1 unspecified atom stereocenters. The lowest BCUT2D eigenvalue weighted by Crippen LogP contribution is -2.38. The molecule has 4 nitrogen and oxygen atoms in total. The fraction of sp³-hybridized carbons (Fsp3) is 0.385. The molecule has 0 fully saturated rings. The van der Waals surface area contributed by atoms with E-state index in [0.717, 1.165) is 11.1 Å². The van der Waals surface area contributed by atoms with E-state index in [1.807, 2.05) is 37.3 Å². The molecule has 1 atom stereocenters. The van der Waals surface area contributed by atoms with E-state index < -0.39 is 0 Å². The fourth-order valence-electron chi connectivity index (χ4n) is 3.99. The Morgan fingerprint density at radius 3 is 2.42 bits per heavy atom. The topological polar surface area (TPSA) is 46.6 Å². The average Bonchev–Trinajstić information content (AvgIpc) is 2.70. The van der Waals surface area contributed by atoms with Gasteiger partial charge in [-0.05, 0) is 48.1 Å². The highest BCUT2D eigenvalue weighted by molar-refractivity contribution is 6.30. The Bertz CT molecular complexity index is 1000. The number of amides is 1. The molecule has 0 saturated heterocycles. The number of rotatable bonds is 5. The van der Waals surface area contributed by atoms with Gasteiger partial charge in [-0.2, -0.15) is 0 Å². The highest BCUT2D eigenvalue weighted by Crippen LogP contribution is 2.38. The molecule has 2 aromatic carbocycles. The van der Waals surface area contributed by atoms with Gasteiger partial charge >= 0.3 is 5.97 Å². The van der Waals surface area contributed by atoms with Crippen LogP contribution in [0.15, 0.2) is 59.8 Å². The lowest BCUT2D eigenvalue weighted by molar-refractivity contribution is -0.140. The summed E-state index contributed by atoms with van der Waals surface area (Å²) >= 11 is 6.11. The van der Waals surface area contributed by atoms with Crippen molar-refractivity contribution in [1.29, 1.82) is 0 Å². The van der Waals surface area contributed by atoms with Crippen molar-refractivity contribution in [2.75, 3.05) is 6.61 Å². The molecular formula is C26H30ClNO3. The number of benzene rings is 2. The monoisotopic (exact) mass is 439 g/mol. The van der Waals surface area contributed by atoms with E-state index in [1.54, 1.807) is 17.9 Å². The third-order valence-corrected chi connectivity index (χ3v) is 5.96. The second-order valence-electron chi connectivity index (χ2n) is 8.96. The third kappa shape index (κ3) is 5.19. The number of hydrogen-bond acceptors (Lipinski definition) is 3. The van der Waals surface area contributed by atoms with Gasteiger partial charge in [0.15, 0.2) is 0 Å². The Morgan fingerprint density at radius 2 is 1.84 bits per heavy atom. The zero-order valence-corrected chi connectivity index (χ0v) is 19.6. The zero-order valence-electron chi connectivity index (χ0n) is 18.9. The van der Waals surface area contributed by atoms with Crippen molar-refractivity contribution in [3.8, 4) is 0 Å². The van der Waals surface area contributed by atoms with E-state index in [2.05, 4.69) is 32.9 Å². The summed E-state index contributed by atoms with van der Waals surface area (Å²) in [7, 11) is 0. The Morgan fingerprint density at radius 1 is 1.16 bits per heavy atom. The Hall–Kier alpha value is -2.59. The van der Waals surface area contributed by atoms with Gasteiger partial charge in [-0.1, -0.05) is 68.8 Å². The molecule has 1 heterocycles. The van der Waals surface area contributed by atoms with Gasteiger partial charge in [0.2, 0.25) is 5.91 Å². The molecule has 164 valence electrons. The van der Waals surface area contributed by atoms with Gasteiger partial charge in [0.25, 0.3) is 0 Å². The van der Waals surface area contributed by atoms with Crippen molar-refractivity contribution in [3.63, 3.8) is 0 Å². The molecule has 0 saturated carbocycles. The van der Waals surface area contributed by atoms with Crippen molar-refractivity contribution in [2.45, 2.75) is 58.9 Å². The molecule has 0 aliphatic carbocycles. The van der Waals surface area contributed by atoms with E-state index in [0.29, 0.717) is 22.8 Å². The van der Waals surface area contributed by atoms with Crippen LogP contribution in [0.1, 0.15) is 63.6 Å². The Balaban J connectivity index is 2.01. The van der Waals surface area contributed by atoms with E-state index >= 15 is 0 Å². The maximum absolute atomic E-state index is 13.1. The van der Waals surface area contributed by atoms with Gasteiger partial charge in [0.05, 0.1) is 18.7 Å². The molecule has 0 spiro atoms. The molecular weight excluding hydrogens is 410 g/mol. The molecule has 1 aliphatic rings. The number of hydrogen-bond donors (Lipinski definition) is 0. The van der Waals surface area contributed by atoms with Crippen LogP contribution in [0.2, 0.25) is 5.02 Å². The maximum Gasteiger partial charge on any atom is 0.336 e. The number of ether oxygens (including phenoxy) is 1. The van der Waals surface area contributed by atoms with Gasteiger partial charge in [0, 0.05) is 23.1 Å². The summed E-state index contributed by atoms with van der Waals surface area (Å²) in [6.45, 7) is 10.7. The highest BCUT2D eigenvalue weighted by atomic mass is 35.5. The summed E-state index contributed by atoms with van der Waals surface area (Å²) in [4.78, 5) is 27.7. The van der Waals surface area contributed by atoms with Crippen LogP contribution in [0, 0.1) is 0 Å². The third-order valence-electron chi connectivity index (χ3n) is 5.73. The summed E-state index contributed by atoms with van der Waals surface area (Å²) in [5.74, 6) is -0.708. The van der Waals surface area contributed by atoms with Gasteiger partial charge in [0.1, 0.15) is 0 Å². The number of esters is 1. The van der Waals surface area contributed by atoms with Crippen molar-refractivity contribution >= 4 is 23.5 Å². The second-order valence-corrected chi connectivity index (χ2v) is 9.39. The predicted octanol–water partition coefficient (Wildman–Crippen LogP) is 5.99. The quantitative estimate of drug-likeness (QED) is 0.537. The average molecular weight is 440 g/mol. The minimum absolute atomic E-state index is 0.0181. The largest absolute Gasteiger partial charge is 0.463 e. The van der Waals surface area contributed by atoms with E-state index in [1.165, 1.54) is 5.56 Å². The summed E-state index contributed by atoms with van der Waals surface area (Å²) < 4.78 is 5.38. The van der Waals surface area contributed by atoms with E-state index in [-0.39, 0.29) is 36.2 Å². The van der Waals surface area contributed by atoms with E-state index in [9.17, 15) is 9.59 Å². The first-order valence-corrected chi connectivity index (χ1v) is 11.0. The summed E-state index contributed by atoms with van der Waals surface area (Å²) in [5, 5.41) is 0.617. The number of halogens is 1. The van der Waals surface area contributed by atoms with Crippen LogP contribution >= 0.6 is 11.6 Å². The highest BCUT2D eigenvalue weighted by Gasteiger charge is 2.37. The summed E-state index contributed by atoms with van der Waals surface area (Å²) in [6, 6.07) is 15.6. The zero-order chi connectivity index (χ0) is 22.8. The lowest BCUT2D eigenvalue weighted by atomic mass is 9.81. The second kappa shape index (κ2) is 9.27. The van der Waals surface area contributed by atoms with Crippen LogP contribution < -0.4 is 0 Å². The molecule has 0 aromatic heterocycles. The number of carbonyl (C=O) groups is 2. The molecule has 0 bridgehead atoms. The molecule has 0 N–H and O–H groups in total. The first kappa shape index (κ1) is 23.1. The lowest BCUT2D eigenvalue weighted by Gasteiger charge is -2.34. The number of allylic oxidation sites excluding steroid dienone is 1. The van der Waals surface area contributed by atoms with Crippen LogP contribution in [-0.4, -0.2) is 23.4 Å².